The zero-order valence-electron chi connectivity index (χ0n) is 10.3. The lowest BCUT2D eigenvalue weighted by Crippen LogP contribution is -2.27. The number of thiophene rings is 1. The maximum absolute atomic E-state index is 3.57. The molecule has 1 aromatic heterocycles. The molecule has 100 valence electrons. The van der Waals surface area contributed by atoms with E-state index < -0.39 is 0 Å². The van der Waals surface area contributed by atoms with Crippen molar-refractivity contribution in [2.75, 3.05) is 18.0 Å². The van der Waals surface area contributed by atoms with Crippen LogP contribution >= 0.6 is 43.2 Å². The van der Waals surface area contributed by atoms with Gasteiger partial charge in [-0.25, -0.2) is 0 Å². The Balaban J connectivity index is 1.88. The first-order valence-electron chi connectivity index (χ1n) is 6.21. The van der Waals surface area contributed by atoms with E-state index in [-0.39, 0.29) is 0 Å². The zero-order chi connectivity index (χ0) is 13.2. The molecule has 2 nitrogen and oxygen atoms in total. The third-order valence-electron chi connectivity index (χ3n) is 3.25. The molecule has 0 saturated carbocycles. The largest absolute Gasteiger partial charge is 0.365 e. The minimum absolute atomic E-state index is 0.963. The van der Waals surface area contributed by atoms with Gasteiger partial charge < -0.3 is 10.2 Å². The molecular formula is C14H14Br2N2S. The Hall–Kier alpha value is -0.360. The molecule has 0 atom stereocenters. The number of para-hydroxylation sites is 1. The van der Waals surface area contributed by atoms with Crippen LogP contribution in [0.1, 0.15) is 10.4 Å². The fraction of sp³-hybridized carbons (Fsp3) is 0.286. The summed E-state index contributed by atoms with van der Waals surface area (Å²) in [6.45, 7) is 4.00. The van der Waals surface area contributed by atoms with Crippen LogP contribution in [0.4, 0.5) is 5.69 Å². The molecule has 3 rings (SSSR count). The first kappa shape index (κ1) is 13.6. The van der Waals surface area contributed by atoms with Crippen molar-refractivity contribution in [1.29, 1.82) is 0 Å². The second-order valence-corrected chi connectivity index (χ2v) is 7.87. The van der Waals surface area contributed by atoms with Gasteiger partial charge in [0.25, 0.3) is 0 Å². The molecule has 0 amide bonds. The van der Waals surface area contributed by atoms with E-state index in [2.05, 4.69) is 72.4 Å². The smallest absolute Gasteiger partial charge is 0.0843 e. The Morgan fingerprint density at radius 1 is 1.26 bits per heavy atom. The standard InChI is InChI=1S/C14H14Br2N2S/c15-12-7-11(19-14(12)16)9-18-6-5-17-8-10-3-1-2-4-13(10)18/h1-4,7,17H,5-6,8-9H2. The van der Waals surface area contributed by atoms with Gasteiger partial charge >= 0.3 is 0 Å². The van der Waals surface area contributed by atoms with Crippen LogP contribution in [0, 0.1) is 0 Å². The number of benzene rings is 1. The summed E-state index contributed by atoms with van der Waals surface area (Å²) < 4.78 is 2.32. The highest BCUT2D eigenvalue weighted by Gasteiger charge is 2.16. The number of anilines is 1. The Morgan fingerprint density at radius 3 is 2.89 bits per heavy atom. The van der Waals surface area contributed by atoms with E-state index in [0.29, 0.717) is 0 Å². The molecule has 1 aromatic carbocycles. The van der Waals surface area contributed by atoms with E-state index in [4.69, 9.17) is 0 Å². The van der Waals surface area contributed by atoms with Crippen molar-refractivity contribution in [1.82, 2.24) is 5.32 Å². The van der Waals surface area contributed by atoms with Crippen LogP contribution in [0.15, 0.2) is 38.6 Å². The predicted molar refractivity (Wildman–Crippen MR) is 88.9 cm³/mol. The third kappa shape index (κ3) is 3.05. The summed E-state index contributed by atoms with van der Waals surface area (Å²) in [7, 11) is 0. The molecule has 0 radical (unpaired) electrons. The van der Waals surface area contributed by atoms with Gasteiger partial charge in [0.2, 0.25) is 0 Å². The monoisotopic (exact) mass is 400 g/mol. The Bertz CT molecular complexity index is 563. The van der Waals surface area contributed by atoms with Gasteiger partial charge in [-0.15, -0.1) is 11.3 Å². The van der Waals surface area contributed by atoms with Gasteiger partial charge in [0, 0.05) is 34.7 Å². The van der Waals surface area contributed by atoms with Crippen molar-refractivity contribution in [3.63, 3.8) is 0 Å². The molecule has 0 spiro atoms. The Kier molecular flexibility index (Phi) is 4.27. The van der Waals surface area contributed by atoms with E-state index in [1.165, 1.54) is 19.9 Å². The minimum atomic E-state index is 0.963. The molecule has 19 heavy (non-hydrogen) atoms. The number of nitrogens with one attached hydrogen (secondary N) is 1. The summed E-state index contributed by atoms with van der Waals surface area (Å²) in [4.78, 5) is 3.83. The first-order chi connectivity index (χ1) is 9.24. The first-order valence-corrected chi connectivity index (χ1v) is 8.61. The highest BCUT2D eigenvalue weighted by atomic mass is 79.9. The van der Waals surface area contributed by atoms with E-state index in [1.807, 2.05) is 0 Å². The number of halogens is 2. The molecular weight excluding hydrogens is 388 g/mol. The Labute approximate surface area is 134 Å². The number of nitrogens with zero attached hydrogens (tertiary/aromatic N) is 1. The van der Waals surface area contributed by atoms with Crippen LogP contribution < -0.4 is 10.2 Å². The topological polar surface area (TPSA) is 15.3 Å². The van der Waals surface area contributed by atoms with Crippen LogP contribution in [-0.2, 0) is 13.1 Å². The third-order valence-corrected chi connectivity index (χ3v) is 6.49. The number of hydrogen-bond donors (Lipinski definition) is 1. The summed E-state index contributed by atoms with van der Waals surface area (Å²) in [5.74, 6) is 0. The quantitative estimate of drug-likeness (QED) is 0.802. The number of fused-ring (bicyclic) bond motifs is 1. The average Bonchev–Trinajstić information content (AvgIpc) is 2.62. The lowest BCUT2D eigenvalue weighted by molar-refractivity contribution is 0.690. The van der Waals surface area contributed by atoms with Crippen molar-refractivity contribution in [2.24, 2.45) is 0 Å². The normalized spacial score (nSPS) is 15.2. The molecule has 0 unspecified atom stereocenters. The fourth-order valence-corrected chi connectivity index (χ4v) is 4.54. The summed E-state index contributed by atoms with van der Waals surface area (Å²) in [5.41, 5.74) is 2.74. The maximum Gasteiger partial charge on any atom is 0.0843 e. The van der Waals surface area contributed by atoms with Crippen LogP contribution in [-0.4, -0.2) is 13.1 Å². The van der Waals surface area contributed by atoms with Gasteiger partial charge in [0.05, 0.1) is 10.3 Å². The van der Waals surface area contributed by atoms with Crippen molar-refractivity contribution in [3.8, 4) is 0 Å². The zero-order valence-corrected chi connectivity index (χ0v) is 14.3. The summed E-state index contributed by atoms with van der Waals surface area (Å²) in [6, 6.07) is 10.9. The molecule has 0 fully saturated rings. The van der Waals surface area contributed by atoms with Gasteiger partial charge in [-0.1, -0.05) is 18.2 Å². The van der Waals surface area contributed by atoms with Gasteiger partial charge in [-0.2, -0.15) is 0 Å². The fourth-order valence-electron chi connectivity index (χ4n) is 2.35. The van der Waals surface area contributed by atoms with E-state index >= 15 is 0 Å². The highest BCUT2D eigenvalue weighted by molar-refractivity contribution is 9.13. The van der Waals surface area contributed by atoms with E-state index in [1.54, 1.807) is 11.3 Å². The second kappa shape index (κ2) is 5.95. The summed E-state index contributed by atoms with van der Waals surface area (Å²) in [5, 5.41) is 3.48. The average molecular weight is 402 g/mol. The predicted octanol–water partition coefficient (Wildman–Crippen LogP) is 4.38. The lowest BCUT2D eigenvalue weighted by Gasteiger charge is -2.23. The lowest BCUT2D eigenvalue weighted by atomic mass is 10.1. The number of hydrogen-bond acceptors (Lipinski definition) is 3. The molecule has 0 bridgehead atoms. The summed E-state index contributed by atoms with van der Waals surface area (Å²) >= 11 is 8.93. The molecule has 1 aliphatic heterocycles. The SMILES string of the molecule is Brc1cc(CN2CCNCc3ccccc32)sc1Br. The van der Waals surface area contributed by atoms with Gasteiger partial charge in [-0.3, -0.25) is 0 Å². The molecule has 2 heterocycles. The van der Waals surface area contributed by atoms with Crippen molar-refractivity contribution in [2.45, 2.75) is 13.1 Å². The minimum Gasteiger partial charge on any atom is -0.365 e. The number of rotatable bonds is 2. The van der Waals surface area contributed by atoms with Gasteiger partial charge in [0.1, 0.15) is 0 Å². The van der Waals surface area contributed by atoms with E-state index in [9.17, 15) is 0 Å². The molecule has 5 heteroatoms. The van der Waals surface area contributed by atoms with Crippen molar-refractivity contribution in [3.05, 3.63) is 49.0 Å². The van der Waals surface area contributed by atoms with Crippen LogP contribution in [0.5, 0.6) is 0 Å². The van der Waals surface area contributed by atoms with Crippen LogP contribution in [0.3, 0.4) is 0 Å². The van der Waals surface area contributed by atoms with Crippen molar-refractivity contribution < 1.29 is 0 Å². The molecule has 1 aliphatic rings. The van der Waals surface area contributed by atoms with E-state index in [0.717, 1.165) is 30.7 Å². The molecule has 2 aromatic rings. The van der Waals surface area contributed by atoms with Crippen LogP contribution in [0.25, 0.3) is 0 Å². The molecule has 0 saturated heterocycles. The second-order valence-electron chi connectivity index (χ2n) is 4.56. The van der Waals surface area contributed by atoms with Crippen molar-refractivity contribution >= 4 is 48.9 Å². The Morgan fingerprint density at radius 2 is 2.11 bits per heavy atom. The van der Waals surface area contributed by atoms with Crippen LogP contribution in [0.2, 0.25) is 0 Å². The highest BCUT2D eigenvalue weighted by Crippen LogP contribution is 2.34. The molecule has 0 aliphatic carbocycles. The summed E-state index contributed by atoms with van der Waals surface area (Å²) in [6.07, 6.45) is 0. The van der Waals surface area contributed by atoms with Gasteiger partial charge in [-0.05, 0) is 49.6 Å². The maximum atomic E-state index is 3.57. The van der Waals surface area contributed by atoms with Gasteiger partial charge in [0.15, 0.2) is 0 Å². The molecule has 1 N–H and O–H groups in total.